The van der Waals surface area contributed by atoms with Crippen LogP contribution in [0.3, 0.4) is 0 Å². The van der Waals surface area contributed by atoms with E-state index in [4.69, 9.17) is 4.74 Å². The smallest absolute Gasteiger partial charge is 0.748 e. The Bertz CT molecular complexity index is 657. The summed E-state index contributed by atoms with van der Waals surface area (Å²) in [6.07, 6.45) is 16.6. The van der Waals surface area contributed by atoms with Crippen LogP contribution in [0.15, 0.2) is 18.2 Å². The van der Waals surface area contributed by atoms with Crippen molar-refractivity contribution in [1.29, 1.82) is 0 Å². The number of para-hydroxylation sites is 1. The van der Waals surface area contributed by atoms with E-state index in [1.165, 1.54) is 64.2 Å². The number of benzene rings is 1. The van der Waals surface area contributed by atoms with E-state index in [0.717, 1.165) is 42.6 Å². The van der Waals surface area contributed by atoms with Gasteiger partial charge < -0.3 is 9.29 Å². The van der Waals surface area contributed by atoms with Crippen molar-refractivity contribution in [3.63, 3.8) is 0 Å². The number of unbranched alkanes of at least 4 members (excludes halogenated alkanes) is 10. The van der Waals surface area contributed by atoms with Crippen LogP contribution in [0.25, 0.3) is 0 Å². The van der Waals surface area contributed by atoms with Gasteiger partial charge in [-0.15, -0.1) is 0 Å². The average molecular weight is 477 g/mol. The molecule has 0 radical (unpaired) electrons. The van der Waals surface area contributed by atoms with Crippen molar-refractivity contribution < 1.29 is 47.3 Å². The standard InChI is InChI=1S/C26H46O4S.Na/c1-4-7-9-11-13-15-18-23-20-17-21-24(19-16-14-12-10-8-5-2)26(23)30-25(6-3)22-31(27,28)29;/h17,20-21,25H,4-16,18-19,22H2,1-3H3,(H,27,28,29);/q;+1/p-1. The van der Waals surface area contributed by atoms with Gasteiger partial charge in [-0.3, -0.25) is 0 Å². The van der Waals surface area contributed by atoms with Gasteiger partial charge >= 0.3 is 29.6 Å². The Morgan fingerprint density at radius 3 is 1.62 bits per heavy atom. The molecule has 1 aromatic rings. The predicted octanol–water partition coefficient (Wildman–Crippen LogP) is 4.20. The van der Waals surface area contributed by atoms with Crippen LogP contribution >= 0.6 is 0 Å². The molecule has 0 fully saturated rings. The second-order valence-corrected chi connectivity index (χ2v) is 10.3. The van der Waals surface area contributed by atoms with Gasteiger partial charge in [0.2, 0.25) is 0 Å². The Morgan fingerprint density at radius 1 is 0.781 bits per heavy atom. The summed E-state index contributed by atoms with van der Waals surface area (Å²) in [4.78, 5) is 0. The number of aryl methyl sites for hydroxylation is 2. The molecule has 4 nitrogen and oxygen atoms in total. The van der Waals surface area contributed by atoms with E-state index >= 15 is 0 Å². The van der Waals surface area contributed by atoms with Crippen molar-refractivity contribution in [2.75, 3.05) is 5.75 Å². The molecule has 0 saturated carbocycles. The van der Waals surface area contributed by atoms with Crippen molar-refractivity contribution in [1.82, 2.24) is 0 Å². The molecule has 1 rings (SSSR count). The molecule has 0 aliphatic rings. The van der Waals surface area contributed by atoms with Crippen molar-refractivity contribution >= 4 is 10.1 Å². The van der Waals surface area contributed by atoms with Crippen molar-refractivity contribution in [3.8, 4) is 5.75 Å². The summed E-state index contributed by atoms with van der Waals surface area (Å²) in [5.41, 5.74) is 2.31. The minimum absolute atomic E-state index is 0. The first kappa shape index (κ1) is 31.9. The minimum Gasteiger partial charge on any atom is -0.748 e. The van der Waals surface area contributed by atoms with E-state index in [9.17, 15) is 13.0 Å². The molecule has 0 aliphatic heterocycles. The van der Waals surface area contributed by atoms with E-state index in [2.05, 4.69) is 32.0 Å². The molecule has 0 amide bonds. The third kappa shape index (κ3) is 15.0. The minimum atomic E-state index is -4.32. The molecule has 1 atom stereocenters. The van der Waals surface area contributed by atoms with E-state index < -0.39 is 22.0 Å². The number of hydrogen-bond donors (Lipinski definition) is 0. The van der Waals surface area contributed by atoms with Gasteiger partial charge in [0.05, 0.1) is 15.9 Å². The van der Waals surface area contributed by atoms with Gasteiger partial charge in [-0.25, -0.2) is 8.42 Å². The fourth-order valence-corrected chi connectivity index (χ4v) is 4.76. The second kappa shape index (κ2) is 19.3. The normalized spacial score (nSPS) is 12.4. The number of hydrogen-bond acceptors (Lipinski definition) is 4. The molecule has 6 heteroatoms. The molecule has 180 valence electrons. The molecule has 32 heavy (non-hydrogen) atoms. The maximum absolute atomic E-state index is 11.3. The van der Waals surface area contributed by atoms with E-state index in [-0.39, 0.29) is 29.6 Å². The Kier molecular flexibility index (Phi) is 19.2. The van der Waals surface area contributed by atoms with Gasteiger partial charge in [-0.05, 0) is 43.2 Å². The van der Waals surface area contributed by atoms with Gasteiger partial charge in [-0.1, -0.05) is 103 Å². The molecule has 0 heterocycles. The summed E-state index contributed by atoms with van der Waals surface area (Å²) in [5, 5.41) is 0. The first-order valence-corrected chi connectivity index (χ1v) is 14.2. The summed E-state index contributed by atoms with van der Waals surface area (Å²) >= 11 is 0. The first-order chi connectivity index (χ1) is 14.9. The SMILES string of the molecule is CCCCCCCCc1cccc(CCCCCCCC)c1OC(CC)CS(=O)(=O)[O-].[Na+]. The Hall–Kier alpha value is -0.0700. The molecular formula is C26H45NaO4S. The molecule has 1 aromatic carbocycles. The molecular weight excluding hydrogens is 431 g/mol. The topological polar surface area (TPSA) is 66.4 Å². The second-order valence-electron chi connectivity index (χ2n) is 8.81. The van der Waals surface area contributed by atoms with Crippen molar-refractivity contribution in [3.05, 3.63) is 29.3 Å². The first-order valence-electron chi connectivity index (χ1n) is 12.6. The van der Waals surface area contributed by atoms with E-state index in [0.29, 0.717) is 6.42 Å². The molecule has 0 aromatic heterocycles. The van der Waals surface area contributed by atoms with Crippen LogP contribution in [-0.4, -0.2) is 24.8 Å². The van der Waals surface area contributed by atoms with Crippen LogP contribution in [-0.2, 0) is 23.0 Å². The van der Waals surface area contributed by atoms with Crippen LogP contribution < -0.4 is 34.3 Å². The molecule has 0 bridgehead atoms. The third-order valence-electron chi connectivity index (χ3n) is 5.91. The third-order valence-corrected chi connectivity index (χ3v) is 6.69. The van der Waals surface area contributed by atoms with Gasteiger partial charge in [0, 0.05) is 0 Å². The maximum atomic E-state index is 11.3. The maximum Gasteiger partial charge on any atom is 1.00 e. The Balaban J connectivity index is 0.00000961. The Morgan fingerprint density at radius 2 is 1.22 bits per heavy atom. The molecule has 0 aliphatic carbocycles. The van der Waals surface area contributed by atoms with E-state index in [1.54, 1.807) is 0 Å². The number of rotatable bonds is 19. The van der Waals surface area contributed by atoms with Gasteiger partial charge in [-0.2, -0.15) is 0 Å². The molecule has 0 spiro atoms. The zero-order chi connectivity index (χ0) is 23.0. The van der Waals surface area contributed by atoms with Crippen molar-refractivity contribution in [2.45, 2.75) is 123 Å². The van der Waals surface area contributed by atoms with Gasteiger partial charge in [0.25, 0.3) is 0 Å². The summed E-state index contributed by atoms with van der Waals surface area (Å²) in [7, 11) is -4.32. The fourth-order valence-electron chi connectivity index (χ4n) is 4.00. The number of ether oxygens (including phenoxy) is 1. The van der Waals surface area contributed by atoms with Crippen LogP contribution in [0, 0.1) is 0 Å². The van der Waals surface area contributed by atoms with Crippen molar-refractivity contribution in [2.24, 2.45) is 0 Å². The monoisotopic (exact) mass is 476 g/mol. The quantitative estimate of drug-likeness (QED) is 0.171. The van der Waals surface area contributed by atoms with Crippen LogP contribution in [0.2, 0.25) is 0 Å². The Labute approximate surface area is 220 Å². The van der Waals surface area contributed by atoms with Crippen LogP contribution in [0.5, 0.6) is 5.75 Å². The molecule has 0 N–H and O–H groups in total. The van der Waals surface area contributed by atoms with Gasteiger partial charge in [0.15, 0.2) is 0 Å². The summed E-state index contributed by atoms with van der Waals surface area (Å²) in [5.74, 6) is 0.366. The van der Waals surface area contributed by atoms with Crippen LogP contribution in [0.4, 0.5) is 0 Å². The zero-order valence-corrected chi connectivity index (χ0v) is 24.0. The summed E-state index contributed by atoms with van der Waals surface area (Å²) in [6, 6.07) is 6.30. The zero-order valence-electron chi connectivity index (χ0n) is 21.2. The predicted molar refractivity (Wildman–Crippen MR) is 130 cm³/mol. The average Bonchev–Trinajstić information content (AvgIpc) is 2.73. The molecule has 1 unspecified atom stereocenters. The van der Waals surface area contributed by atoms with Crippen LogP contribution in [0.1, 0.15) is 115 Å². The van der Waals surface area contributed by atoms with Gasteiger partial charge in [0.1, 0.15) is 11.9 Å². The largest absolute Gasteiger partial charge is 1.00 e. The fraction of sp³-hybridized carbons (Fsp3) is 0.769. The summed E-state index contributed by atoms with van der Waals surface area (Å²) < 4.78 is 40.2. The molecule has 0 saturated heterocycles. The van der Waals surface area contributed by atoms with E-state index in [1.807, 2.05) is 6.92 Å². The summed E-state index contributed by atoms with van der Waals surface area (Å²) in [6.45, 7) is 6.33.